The summed E-state index contributed by atoms with van der Waals surface area (Å²) >= 11 is 6.16. The number of nitrogens with one attached hydrogen (secondary N) is 2. The van der Waals surface area contributed by atoms with E-state index < -0.39 is 5.82 Å². The smallest absolute Gasteiger partial charge is 0.255 e. The Hall–Kier alpha value is -2.42. The minimum Gasteiger partial charge on any atom is -0.475 e. The zero-order chi connectivity index (χ0) is 20.4. The predicted molar refractivity (Wildman–Crippen MR) is 106 cm³/mol. The molecule has 10 heteroatoms. The number of aromatic nitrogens is 4. The quantitative estimate of drug-likeness (QED) is 0.707. The van der Waals surface area contributed by atoms with Gasteiger partial charge in [-0.25, -0.2) is 4.98 Å². The van der Waals surface area contributed by atoms with Gasteiger partial charge in [0.2, 0.25) is 17.7 Å². The van der Waals surface area contributed by atoms with Crippen LogP contribution in [0.1, 0.15) is 51.5 Å². The number of amides is 1. The number of anilines is 2. The number of rotatable bonds is 7. The predicted octanol–water partition coefficient (Wildman–Crippen LogP) is 3.62. The summed E-state index contributed by atoms with van der Waals surface area (Å²) in [5.74, 6) is -0.194. The Bertz CT molecular complexity index is 880. The lowest BCUT2D eigenvalue weighted by Crippen LogP contribution is -2.37. The molecule has 0 unspecified atom stereocenters. The lowest BCUT2D eigenvalue weighted by Gasteiger charge is -2.28. The van der Waals surface area contributed by atoms with Crippen molar-refractivity contribution in [3.05, 3.63) is 23.4 Å². The normalized spacial score (nSPS) is 21.6. The molecule has 0 aromatic carbocycles. The summed E-state index contributed by atoms with van der Waals surface area (Å²) in [7, 11) is 0. The van der Waals surface area contributed by atoms with Gasteiger partial charge >= 0.3 is 0 Å². The van der Waals surface area contributed by atoms with Crippen molar-refractivity contribution in [2.75, 3.05) is 11.9 Å². The summed E-state index contributed by atoms with van der Waals surface area (Å²) in [6.07, 6.45) is 8.70. The molecule has 0 atom stereocenters. The summed E-state index contributed by atoms with van der Waals surface area (Å²) in [6, 6.07) is 0.619. The van der Waals surface area contributed by atoms with Crippen LogP contribution in [0.2, 0.25) is 5.15 Å². The molecule has 0 spiro atoms. The minimum absolute atomic E-state index is 0.00411. The van der Waals surface area contributed by atoms with Gasteiger partial charge in [-0.2, -0.15) is 14.5 Å². The van der Waals surface area contributed by atoms with E-state index in [1.807, 2.05) is 4.68 Å². The molecule has 2 aromatic heterocycles. The van der Waals surface area contributed by atoms with Gasteiger partial charge in [-0.15, -0.1) is 0 Å². The van der Waals surface area contributed by atoms with Crippen LogP contribution in [0, 0.1) is 11.7 Å². The molecule has 2 aromatic rings. The fourth-order valence-corrected chi connectivity index (χ4v) is 3.75. The molecule has 2 fully saturated rings. The summed E-state index contributed by atoms with van der Waals surface area (Å²) in [4.78, 5) is 19.3. The summed E-state index contributed by atoms with van der Waals surface area (Å²) < 4.78 is 21.6. The highest BCUT2D eigenvalue weighted by Gasteiger charge is 2.26. The fourth-order valence-electron chi connectivity index (χ4n) is 3.57. The number of halogens is 2. The molecule has 156 valence electrons. The summed E-state index contributed by atoms with van der Waals surface area (Å²) in [5.41, 5.74) is 0.576. The Kier molecular flexibility index (Phi) is 5.84. The lowest BCUT2D eigenvalue weighted by molar-refractivity contribution is -0.119. The summed E-state index contributed by atoms with van der Waals surface area (Å²) in [6.45, 7) is 1.91. The summed E-state index contributed by atoms with van der Waals surface area (Å²) in [5, 5.41) is 10.5. The number of hydrogen-bond donors (Lipinski definition) is 2. The third-order valence-corrected chi connectivity index (χ3v) is 5.56. The van der Waals surface area contributed by atoms with Gasteiger partial charge in [-0.3, -0.25) is 9.48 Å². The first-order valence-electron chi connectivity index (χ1n) is 9.92. The molecule has 4 rings (SSSR count). The van der Waals surface area contributed by atoms with Crippen LogP contribution in [0.4, 0.5) is 16.0 Å². The SMILES string of the molecule is CC(=O)NC1CCC(COc2nc(Nc3cn(C4CC4)nc3Cl)ncc2F)CC1. The molecule has 2 aliphatic carbocycles. The highest BCUT2D eigenvalue weighted by atomic mass is 35.5. The van der Waals surface area contributed by atoms with E-state index in [9.17, 15) is 9.18 Å². The standard InChI is InChI=1S/C19H24ClFN6O2/c1-11(28)23-13-4-2-12(3-5-13)10-29-18-15(21)8-22-19(25-18)24-16-9-27(14-6-7-14)26-17(16)20/h8-9,12-14H,2-7,10H2,1H3,(H,23,28)(H,22,24,25). The number of carbonyl (C=O) groups is 1. The van der Waals surface area contributed by atoms with Crippen LogP contribution in [0.5, 0.6) is 5.88 Å². The third-order valence-electron chi connectivity index (χ3n) is 5.28. The Morgan fingerprint density at radius 2 is 2.07 bits per heavy atom. The lowest BCUT2D eigenvalue weighted by atomic mass is 9.86. The maximum atomic E-state index is 14.1. The van der Waals surface area contributed by atoms with Crippen molar-refractivity contribution in [3.8, 4) is 5.88 Å². The highest BCUT2D eigenvalue weighted by molar-refractivity contribution is 6.32. The molecular weight excluding hydrogens is 399 g/mol. The van der Waals surface area contributed by atoms with Crippen molar-refractivity contribution in [1.29, 1.82) is 0 Å². The molecule has 2 aliphatic rings. The van der Waals surface area contributed by atoms with Gasteiger partial charge in [-0.05, 0) is 44.4 Å². The second-order valence-electron chi connectivity index (χ2n) is 7.75. The Balaban J connectivity index is 1.33. The van der Waals surface area contributed by atoms with E-state index in [4.69, 9.17) is 16.3 Å². The van der Waals surface area contributed by atoms with Crippen LogP contribution in [0.3, 0.4) is 0 Å². The first-order valence-corrected chi connectivity index (χ1v) is 10.3. The van der Waals surface area contributed by atoms with E-state index in [-0.39, 0.29) is 23.8 Å². The van der Waals surface area contributed by atoms with Crippen molar-refractivity contribution in [2.45, 2.75) is 57.5 Å². The number of nitrogens with zero attached hydrogens (tertiary/aromatic N) is 4. The fraction of sp³-hybridized carbons (Fsp3) is 0.579. The second kappa shape index (κ2) is 8.52. The highest BCUT2D eigenvalue weighted by Crippen LogP contribution is 2.36. The molecule has 0 radical (unpaired) electrons. The number of ether oxygens (including phenoxy) is 1. The maximum absolute atomic E-state index is 14.1. The topological polar surface area (TPSA) is 94.0 Å². The van der Waals surface area contributed by atoms with Gasteiger partial charge in [-0.1, -0.05) is 11.6 Å². The average molecular weight is 423 g/mol. The van der Waals surface area contributed by atoms with Gasteiger partial charge in [0.1, 0.15) is 0 Å². The molecule has 0 aliphatic heterocycles. The Morgan fingerprint density at radius 1 is 1.31 bits per heavy atom. The molecule has 2 saturated carbocycles. The van der Waals surface area contributed by atoms with Gasteiger partial charge < -0.3 is 15.4 Å². The molecule has 0 bridgehead atoms. The van der Waals surface area contributed by atoms with Crippen LogP contribution >= 0.6 is 11.6 Å². The molecule has 2 N–H and O–H groups in total. The molecule has 29 heavy (non-hydrogen) atoms. The largest absolute Gasteiger partial charge is 0.475 e. The van der Waals surface area contributed by atoms with Crippen LogP contribution in [-0.2, 0) is 4.79 Å². The van der Waals surface area contributed by atoms with Crippen LogP contribution in [0.15, 0.2) is 12.4 Å². The van der Waals surface area contributed by atoms with E-state index in [1.165, 1.54) is 6.92 Å². The van der Waals surface area contributed by atoms with Gasteiger partial charge in [0.15, 0.2) is 5.15 Å². The zero-order valence-corrected chi connectivity index (χ0v) is 17.0. The van der Waals surface area contributed by atoms with Gasteiger partial charge in [0.25, 0.3) is 5.88 Å². The van der Waals surface area contributed by atoms with E-state index >= 15 is 0 Å². The average Bonchev–Trinajstić information content (AvgIpc) is 3.47. The molecular formula is C19H24ClFN6O2. The van der Waals surface area contributed by atoms with Crippen LogP contribution in [-0.4, -0.2) is 38.3 Å². The molecule has 2 heterocycles. The van der Waals surface area contributed by atoms with Crippen molar-refractivity contribution >= 4 is 29.1 Å². The zero-order valence-electron chi connectivity index (χ0n) is 16.2. The van der Waals surface area contributed by atoms with Crippen LogP contribution < -0.4 is 15.4 Å². The van der Waals surface area contributed by atoms with Gasteiger partial charge in [0.05, 0.1) is 30.7 Å². The van der Waals surface area contributed by atoms with Crippen molar-refractivity contribution < 1.29 is 13.9 Å². The first-order chi connectivity index (χ1) is 14.0. The van der Waals surface area contributed by atoms with Crippen molar-refractivity contribution in [1.82, 2.24) is 25.1 Å². The monoisotopic (exact) mass is 422 g/mol. The van der Waals surface area contributed by atoms with Crippen molar-refractivity contribution in [2.24, 2.45) is 5.92 Å². The van der Waals surface area contributed by atoms with Crippen molar-refractivity contribution in [3.63, 3.8) is 0 Å². The number of carbonyl (C=O) groups excluding carboxylic acids is 1. The van der Waals surface area contributed by atoms with Crippen LogP contribution in [0.25, 0.3) is 0 Å². The molecule has 0 saturated heterocycles. The molecule has 1 amide bonds. The number of hydrogen-bond acceptors (Lipinski definition) is 6. The van der Waals surface area contributed by atoms with E-state index in [0.29, 0.717) is 29.4 Å². The Labute approximate surface area is 173 Å². The van der Waals surface area contributed by atoms with E-state index in [1.54, 1.807) is 6.20 Å². The Morgan fingerprint density at radius 3 is 2.76 bits per heavy atom. The van der Waals surface area contributed by atoms with Gasteiger partial charge in [0, 0.05) is 13.0 Å². The second-order valence-corrected chi connectivity index (χ2v) is 8.10. The first kappa shape index (κ1) is 19.9. The van der Waals surface area contributed by atoms with E-state index in [0.717, 1.165) is 44.7 Å². The minimum atomic E-state index is -0.609. The molecule has 8 nitrogen and oxygen atoms in total. The van der Waals surface area contributed by atoms with E-state index in [2.05, 4.69) is 25.7 Å². The maximum Gasteiger partial charge on any atom is 0.255 e. The third kappa shape index (κ3) is 5.14.